The first-order chi connectivity index (χ1) is 10.2. The molecule has 0 unspecified atom stereocenters. The Labute approximate surface area is 147 Å². The number of ether oxygens (including phenoxy) is 1. The van der Waals surface area contributed by atoms with E-state index < -0.39 is 5.54 Å². The van der Waals surface area contributed by atoms with Crippen molar-refractivity contribution in [1.82, 2.24) is 9.97 Å². The molecule has 1 fully saturated rings. The number of imidazole rings is 1. The average molecular weight is 359 g/mol. The first kappa shape index (κ1) is 19.4. The van der Waals surface area contributed by atoms with Crippen LogP contribution in [0.1, 0.15) is 12.8 Å². The number of H-pyrrole nitrogens is 1. The van der Waals surface area contributed by atoms with Gasteiger partial charge < -0.3 is 20.8 Å². The van der Waals surface area contributed by atoms with Crippen LogP contribution in [0.2, 0.25) is 0 Å². The van der Waals surface area contributed by atoms with Gasteiger partial charge in [-0.25, -0.2) is 4.98 Å². The van der Waals surface area contributed by atoms with Crippen molar-refractivity contribution in [2.75, 3.05) is 18.5 Å². The van der Waals surface area contributed by atoms with Crippen molar-refractivity contribution in [2.45, 2.75) is 18.4 Å². The van der Waals surface area contributed by atoms with E-state index in [4.69, 9.17) is 10.5 Å². The molecule has 0 atom stereocenters. The zero-order valence-electron chi connectivity index (χ0n) is 12.5. The maximum atomic E-state index is 12.3. The van der Waals surface area contributed by atoms with E-state index in [-0.39, 0.29) is 30.7 Å². The molecule has 1 saturated heterocycles. The summed E-state index contributed by atoms with van der Waals surface area (Å²) in [4.78, 5) is 19.5. The van der Waals surface area contributed by atoms with E-state index in [1.165, 1.54) is 0 Å². The van der Waals surface area contributed by atoms with Crippen LogP contribution in [0.15, 0.2) is 36.7 Å². The zero-order chi connectivity index (χ0) is 14.7. The van der Waals surface area contributed by atoms with Crippen LogP contribution < -0.4 is 11.1 Å². The lowest BCUT2D eigenvalue weighted by atomic mass is 9.90. The lowest BCUT2D eigenvalue weighted by Crippen LogP contribution is -2.54. The first-order valence-electron chi connectivity index (χ1n) is 6.95. The highest BCUT2D eigenvalue weighted by atomic mass is 35.5. The molecule has 0 aliphatic carbocycles. The molecule has 3 rings (SSSR count). The highest BCUT2D eigenvalue weighted by Crippen LogP contribution is 2.22. The van der Waals surface area contributed by atoms with E-state index in [1.807, 2.05) is 24.3 Å². The number of nitrogens with zero attached hydrogens (tertiary/aromatic N) is 1. The number of nitrogens with two attached hydrogens (primary N) is 1. The van der Waals surface area contributed by atoms with Crippen molar-refractivity contribution < 1.29 is 9.53 Å². The Morgan fingerprint density at radius 2 is 1.87 bits per heavy atom. The summed E-state index contributed by atoms with van der Waals surface area (Å²) in [7, 11) is 0. The zero-order valence-corrected chi connectivity index (χ0v) is 14.1. The van der Waals surface area contributed by atoms with Crippen LogP contribution in [0.25, 0.3) is 11.4 Å². The summed E-state index contributed by atoms with van der Waals surface area (Å²) < 4.78 is 5.25. The fourth-order valence-corrected chi connectivity index (χ4v) is 2.35. The number of halogens is 2. The Balaban J connectivity index is 0.00000132. The quantitative estimate of drug-likeness (QED) is 0.784. The standard InChI is InChI=1S/C15H18N4O2.2ClH/c16-15(5-9-21-10-6-15)14(20)19-12-3-1-11(2-4-12)13-17-7-8-18-13;;/h1-4,7-8H,5-6,9-10,16H2,(H,17,18)(H,19,20);2*1H. The maximum Gasteiger partial charge on any atom is 0.244 e. The first-order valence-corrected chi connectivity index (χ1v) is 6.95. The highest BCUT2D eigenvalue weighted by molar-refractivity contribution is 5.98. The van der Waals surface area contributed by atoms with Crippen molar-refractivity contribution in [3.63, 3.8) is 0 Å². The van der Waals surface area contributed by atoms with Crippen LogP contribution in [0.4, 0.5) is 5.69 Å². The molecule has 4 N–H and O–H groups in total. The second kappa shape index (κ2) is 8.31. The summed E-state index contributed by atoms with van der Waals surface area (Å²) in [6.07, 6.45) is 4.56. The smallest absolute Gasteiger partial charge is 0.244 e. The second-order valence-corrected chi connectivity index (χ2v) is 5.24. The van der Waals surface area contributed by atoms with E-state index in [2.05, 4.69) is 15.3 Å². The van der Waals surface area contributed by atoms with Crippen LogP contribution >= 0.6 is 24.8 Å². The molecule has 126 valence electrons. The molecule has 1 amide bonds. The summed E-state index contributed by atoms with van der Waals surface area (Å²) >= 11 is 0. The molecule has 1 aliphatic heterocycles. The molecule has 2 aromatic rings. The number of anilines is 1. The predicted molar refractivity (Wildman–Crippen MR) is 94.1 cm³/mol. The number of nitrogens with one attached hydrogen (secondary N) is 2. The lowest BCUT2D eigenvalue weighted by molar-refractivity contribution is -0.124. The number of aromatic amines is 1. The Hall–Kier alpha value is -1.60. The number of hydrogen-bond donors (Lipinski definition) is 3. The predicted octanol–water partition coefficient (Wildman–Crippen LogP) is 2.37. The highest BCUT2D eigenvalue weighted by Gasteiger charge is 2.35. The maximum absolute atomic E-state index is 12.3. The minimum absolute atomic E-state index is 0. The van der Waals surface area contributed by atoms with Gasteiger partial charge in [-0.1, -0.05) is 0 Å². The molecule has 2 heterocycles. The number of carbonyl (C=O) groups is 1. The van der Waals surface area contributed by atoms with Gasteiger partial charge in [-0.3, -0.25) is 4.79 Å². The molecule has 0 radical (unpaired) electrons. The molecule has 0 spiro atoms. The molecule has 8 heteroatoms. The van der Waals surface area contributed by atoms with Crippen molar-refractivity contribution in [3.8, 4) is 11.4 Å². The molecule has 0 saturated carbocycles. The van der Waals surface area contributed by atoms with Crippen LogP contribution in [-0.2, 0) is 9.53 Å². The van der Waals surface area contributed by atoms with Gasteiger partial charge in [0.25, 0.3) is 0 Å². The van der Waals surface area contributed by atoms with Gasteiger partial charge in [0.1, 0.15) is 11.4 Å². The second-order valence-electron chi connectivity index (χ2n) is 5.24. The van der Waals surface area contributed by atoms with Crippen molar-refractivity contribution >= 4 is 36.4 Å². The molecule has 23 heavy (non-hydrogen) atoms. The molecule has 0 bridgehead atoms. The lowest BCUT2D eigenvalue weighted by Gasteiger charge is -2.31. The number of aromatic nitrogens is 2. The monoisotopic (exact) mass is 358 g/mol. The third-order valence-electron chi connectivity index (χ3n) is 3.75. The minimum Gasteiger partial charge on any atom is -0.381 e. The van der Waals surface area contributed by atoms with Crippen molar-refractivity contribution in [2.24, 2.45) is 5.73 Å². The Bertz CT molecular complexity index is 611. The fraction of sp³-hybridized carbons (Fsp3) is 0.333. The van der Waals surface area contributed by atoms with E-state index in [0.717, 1.165) is 17.1 Å². The Morgan fingerprint density at radius 3 is 2.43 bits per heavy atom. The van der Waals surface area contributed by atoms with Crippen molar-refractivity contribution in [1.29, 1.82) is 0 Å². The topological polar surface area (TPSA) is 93.0 Å². The van der Waals surface area contributed by atoms with E-state index >= 15 is 0 Å². The van der Waals surface area contributed by atoms with Gasteiger partial charge in [0.2, 0.25) is 5.91 Å². The number of hydrogen-bond acceptors (Lipinski definition) is 4. The van der Waals surface area contributed by atoms with E-state index in [9.17, 15) is 4.79 Å². The molecular formula is C15H20Cl2N4O2. The van der Waals surface area contributed by atoms with E-state index in [0.29, 0.717) is 26.1 Å². The van der Waals surface area contributed by atoms with Crippen LogP contribution in [0.5, 0.6) is 0 Å². The summed E-state index contributed by atoms with van der Waals surface area (Å²) in [5, 5.41) is 2.87. The normalized spacial score (nSPS) is 15.9. The van der Waals surface area contributed by atoms with Gasteiger partial charge in [-0.2, -0.15) is 0 Å². The van der Waals surface area contributed by atoms with Gasteiger partial charge in [-0.15, -0.1) is 24.8 Å². The largest absolute Gasteiger partial charge is 0.381 e. The molecule has 1 aromatic carbocycles. The van der Waals surface area contributed by atoms with Crippen LogP contribution in [0, 0.1) is 0 Å². The Kier molecular flexibility index (Phi) is 7.02. The summed E-state index contributed by atoms with van der Waals surface area (Å²) in [5.41, 5.74) is 7.01. The number of rotatable bonds is 3. The van der Waals surface area contributed by atoms with Gasteiger partial charge in [0.05, 0.1) is 0 Å². The fourth-order valence-electron chi connectivity index (χ4n) is 2.35. The molecule has 6 nitrogen and oxygen atoms in total. The van der Waals surface area contributed by atoms with Crippen molar-refractivity contribution in [3.05, 3.63) is 36.7 Å². The minimum atomic E-state index is -0.835. The number of carbonyl (C=O) groups excluding carboxylic acids is 1. The summed E-state index contributed by atoms with van der Waals surface area (Å²) in [6.45, 7) is 1.06. The molecule has 1 aromatic heterocycles. The van der Waals surface area contributed by atoms with Gasteiger partial charge in [0.15, 0.2) is 0 Å². The summed E-state index contributed by atoms with van der Waals surface area (Å²) in [5.74, 6) is 0.643. The van der Waals surface area contributed by atoms with E-state index in [1.54, 1.807) is 12.4 Å². The number of benzene rings is 1. The third-order valence-corrected chi connectivity index (χ3v) is 3.75. The van der Waals surface area contributed by atoms with Gasteiger partial charge in [0, 0.05) is 36.9 Å². The molecular weight excluding hydrogens is 339 g/mol. The van der Waals surface area contributed by atoms with Crippen LogP contribution in [-0.4, -0.2) is 34.6 Å². The summed E-state index contributed by atoms with van der Waals surface area (Å²) in [6, 6.07) is 7.50. The van der Waals surface area contributed by atoms with Gasteiger partial charge in [-0.05, 0) is 37.1 Å². The van der Waals surface area contributed by atoms with Crippen LogP contribution in [0.3, 0.4) is 0 Å². The average Bonchev–Trinajstić information content (AvgIpc) is 3.03. The Morgan fingerprint density at radius 1 is 1.22 bits per heavy atom. The SMILES string of the molecule is Cl.Cl.NC1(C(=O)Nc2ccc(-c3ncc[nH]3)cc2)CCOCC1. The van der Waals surface area contributed by atoms with Gasteiger partial charge >= 0.3 is 0 Å². The molecule has 1 aliphatic rings. The number of amides is 1. The third kappa shape index (κ3) is 4.45.